The fraction of sp³-hybridized carbons (Fsp3) is 0.379. The van der Waals surface area contributed by atoms with Crippen molar-refractivity contribution in [1.82, 2.24) is 24.5 Å². The Morgan fingerprint density at radius 3 is 2.62 bits per heavy atom. The van der Waals surface area contributed by atoms with Crippen molar-refractivity contribution in [2.75, 3.05) is 43.1 Å². The smallest absolute Gasteiger partial charge is 0.210 e. The fourth-order valence-corrected chi connectivity index (χ4v) is 6.32. The van der Waals surface area contributed by atoms with E-state index in [0.717, 1.165) is 72.9 Å². The zero-order chi connectivity index (χ0) is 26.5. The molecule has 39 heavy (non-hydrogen) atoms. The molecule has 4 aromatic heterocycles. The zero-order valence-corrected chi connectivity index (χ0v) is 21.8. The molecule has 3 atom stereocenters. The van der Waals surface area contributed by atoms with Gasteiger partial charge in [-0.3, -0.25) is 4.90 Å². The molecule has 10 heteroatoms. The molecule has 1 N–H and O–H groups in total. The van der Waals surface area contributed by atoms with E-state index >= 15 is 0 Å². The minimum atomic E-state index is 0.0589. The second-order valence-corrected chi connectivity index (χ2v) is 10.7. The van der Waals surface area contributed by atoms with E-state index in [-0.39, 0.29) is 12.0 Å². The van der Waals surface area contributed by atoms with Gasteiger partial charge in [-0.05, 0) is 36.6 Å². The molecule has 4 fully saturated rings. The molecule has 3 unspecified atom stereocenters. The maximum atomic E-state index is 9.74. The highest BCUT2D eigenvalue weighted by molar-refractivity contribution is 5.86. The number of methoxy groups -OCH3 is 1. The summed E-state index contributed by atoms with van der Waals surface area (Å²) in [6.07, 6.45) is 9.72. The van der Waals surface area contributed by atoms with E-state index in [9.17, 15) is 10.4 Å². The van der Waals surface area contributed by atoms with Crippen LogP contribution in [0.2, 0.25) is 0 Å². The van der Waals surface area contributed by atoms with Gasteiger partial charge in [0.1, 0.15) is 11.9 Å². The van der Waals surface area contributed by atoms with Crippen LogP contribution in [-0.4, -0.2) is 81.1 Å². The molecule has 0 aromatic carbocycles. The van der Waals surface area contributed by atoms with Crippen LogP contribution in [0.1, 0.15) is 24.0 Å². The number of aromatic nitrogens is 4. The lowest BCUT2D eigenvalue weighted by Crippen LogP contribution is -2.68. The van der Waals surface area contributed by atoms with Crippen molar-refractivity contribution in [2.45, 2.75) is 37.6 Å². The van der Waals surface area contributed by atoms with Gasteiger partial charge in [0.15, 0.2) is 0 Å². The number of hydrogen-bond acceptors (Lipinski definition) is 9. The van der Waals surface area contributed by atoms with Crippen LogP contribution < -0.4 is 9.80 Å². The van der Waals surface area contributed by atoms with E-state index in [1.54, 1.807) is 25.6 Å². The Labute approximate surface area is 226 Å². The van der Waals surface area contributed by atoms with Gasteiger partial charge >= 0.3 is 0 Å². The molecular formula is C29H30N8O2. The first-order valence-electron chi connectivity index (χ1n) is 13.4. The molecule has 198 valence electrons. The Balaban J connectivity index is 1.12. The van der Waals surface area contributed by atoms with Gasteiger partial charge < -0.3 is 19.6 Å². The first-order valence-corrected chi connectivity index (χ1v) is 13.4. The molecule has 2 bridgehead atoms. The molecule has 0 saturated carbocycles. The SMILES string of the molecule is COC1CCN(c2cc(-c3ccc(N4CC5CC(C4)N5Cc4ccc(O)nc4)nc3)c3c(C#N)cnn3c2)C1. The fourth-order valence-electron chi connectivity index (χ4n) is 6.32. The second kappa shape index (κ2) is 9.52. The predicted octanol–water partition coefficient (Wildman–Crippen LogP) is 3.06. The molecule has 8 rings (SSSR count). The molecular weight excluding hydrogens is 492 g/mol. The minimum Gasteiger partial charge on any atom is -0.493 e. The molecule has 0 spiro atoms. The summed E-state index contributed by atoms with van der Waals surface area (Å²) >= 11 is 0. The van der Waals surface area contributed by atoms with Crippen molar-refractivity contribution in [3.8, 4) is 23.1 Å². The van der Waals surface area contributed by atoms with Crippen molar-refractivity contribution >= 4 is 17.0 Å². The summed E-state index contributed by atoms with van der Waals surface area (Å²) in [4.78, 5) is 16.1. The van der Waals surface area contributed by atoms with Gasteiger partial charge in [0.05, 0.1) is 35.3 Å². The lowest BCUT2D eigenvalue weighted by atomic mass is 9.87. The highest BCUT2D eigenvalue weighted by atomic mass is 16.5. The average Bonchev–Trinajstić information content (AvgIpc) is 3.64. The van der Waals surface area contributed by atoms with Crippen molar-refractivity contribution in [1.29, 1.82) is 5.26 Å². The van der Waals surface area contributed by atoms with Crippen LogP contribution in [0.15, 0.2) is 55.1 Å². The predicted molar refractivity (Wildman–Crippen MR) is 147 cm³/mol. The van der Waals surface area contributed by atoms with E-state index in [0.29, 0.717) is 17.6 Å². The Morgan fingerprint density at radius 2 is 1.92 bits per heavy atom. The van der Waals surface area contributed by atoms with Crippen LogP contribution in [0.4, 0.5) is 11.5 Å². The molecule has 4 aliphatic heterocycles. The molecule has 0 aliphatic carbocycles. The first-order chi connectivity index (χ1) is 19.1. The Kier molecular flexibility index (Phi) is 5.83. The zero-order valence-electron chi connectivity index (χ0n) is 21.8. The number of anilines is 2. The van der Waals surface area contributed by atoms with Gasteiger partial charge in [-0.2, -0.15) is 10.4 Å². The third-order valence-electron chi connectivity index (χ3n) is 8.46. The highest BCUT2D eigenvalue weighted by Crippen LogP contribution is 2.37. The molecule has 4 aliphatic rings. The van der Waals surface area contributed by atoms with Crippen molar-refractivity contribution in [2.24, 2.45) is 0 Å². The van der Waals surface area contributed by atoms with Gasteiger partial charge in [0.25, 0.3) is 0 Å². The van der Waals surface area contributed by atoms with E-state index in [1.165, 1.54) is 6.42 Å². The van der Waals surface area contributed by atoms with Crippen LogP contribution in [0.3, 0.4) is 0 Å². The Bertz CT molecular complexity index is 1530. The van der Waals surface area contributed by atoms with Crippen molar-refractivity contribution < 1.29 is 9.84 Å². The summed E-state index contributed by atoms with van der Waals surface area (Å²) in [5, 5.41) is 23.7. The summed E-state index contributed by atoms with van der Waals surface area (Å²) in [5.41, 5.74) is 5.46. The number of nitrogens with zero attached hydrogens (tertiary/aromatic N) is 8. The monoisotopic (exact) mass is 522 g/mol. The highest BCUT2D eigenvalue weighted by Gasteiger charge is 2.44. The van der Waals surface area contributed by atoms with Gasteiger partial charge in [0, 0.05) is 81.5 Å². The van der Waals surface area contributed by atoms with Gasteiger partial charge in [-0.15, -0.1) is 0 Å². The number of fused-ring (bicyclic) bond motifs is 3. The van der Waals surface area contributed by atoms with Crippen LogP contribution in [0, 0.1) is 11.3 Å². The average molecular weight is 523 g/mol. The molecule has 0 amide bonds. The third-order valence-corrected chi connectivity index (χ3v) is 8.46. The largest absolute Gasteiger partial charge is 0.493 e. The minimum absolute atomic E-state index is 0.0589. The third kappa shape index (κ3) is 4.24. The normalized spacial score (nSPS) is 22.7. The van der Waals surface area contributed by atoms with E-state index < -0.39 is 0 Å². The number of pyridine rings is 3. The Hall–Kier alpha value is -4.20. The number of nitriles is 1. The van der Waals surface area contributed by atoms with Crippen LogP contribution >= 0.6 is 0 Å². The molecule has 10 nitrogen and oxygen atoms in total. The maximum absolute atomic E-state index is 9.74. The number of rotatable bonds is 6. The standard InChI is InChI=1S/C29H30N8O2/c1-39-25-6-7-34(18-25)22-9-26(29-21(10-30)13-33-37(29)17-22)20-3-4-27(31-12-20)35-15-23-8-24(16-35)36(23)14-19-2-5-28(38)32-11-19/h2-5,9,11-13,17,23-25H,6-8,14-16,18H2,1H3,(H,32,38). The molecule has 4 saturated heterocycles. The molecule has 0 radical (unpaired) electrons. The maximum Gasteiger partial charge on any atom is 0.210 e. The summed E-state index contributed by atoms with van der Waals surface area (Å²) in [6.45, 7) is 4.48. The van der Waals surface area contributed by atoms with E-state index in [4.69, 9.17) is 9.72 Å². The van der Waals surface area contributed by atoms with Gasteiger partial charge in [-0.1, -0.05) is 6.07 Å². The number of piperidine rings is 1. The molecule has 8 heterocycles. The number of aromatic hydroxyl groups is 1. The number of piperazine rings is 1. The van der Waals surface area contributed by atoms with Crippen LogP contribution in [0.25, 0.3) is 16.6 Å². The Morgan fingerprint density at radius 1 is 1.05 bits per heavy atom. The summed E-state index contributed by atoms with van der Waals surface area (Å²) in [5.74, 6) is 1.03. The number of hydrogen-bond donors (Lipinski definition) is 1. The second-order valence-electron chi connectivity index (χ2n) is 10.7. The van der Waals surface area contributed by atoms with Crippen LogP contribution in [0.5, 0.6) is 5.88 Å². The number of ether oxygens (including phenoxy) is 1. The summed E-state index contributed by atoms with van der Waals surface area (Å²) < 4.78 is 7.39. The van der Waals surface area contributed by atoms with E-state index in [2.05, 4.69) is 49.1 Å². The summed E-state index contributed by atoms with van der Waals surface area (Å²) in [7, 11) is 1.76. The quantitative estimate of drug-likeness (QED) is 0.409. The lowest BCUT2D eigenvalue weighted by Gasteiger charge is -2.56. The van der Waals surface area contributed by atoms with Crippen molar-refractivity contribution in [3.05, 3.63) is 66.2 Å². The van der Waals surface area contributed by atoms with Gasteiger partial charge in [-0.25, -0.2) is 14.5 Å². The lowest BCUT2D eigenvalue weighted by molar-refractivity contribution is -0.00876. The van der Waals surface area contributed by atoms with Gasteiger partial charge in [0.2, 0.25) is 5.88 Å². The van der Waals surface area contributed by atoms with E-state index in [1.807, 2.05) is 23.0 Å². The molecule has 4 aromatic rings. The first kappa shape index (κ1) is 23.9. The summed E-state index contributed by atoms with van der Waals surface area (Å²) in [6, 6.07) is 13.2. The topological polar surface area (TPSA) is 106 Å². The van der Waals surface area contributed by atoms with Crippen LogP contribution in [-0.2, 0) is 11.3 Å². The van der Waals surface area contributed by atoms with Crippen molar-refractivity contribution in [3.63, 3.8) is 0 Å².